The Bertz CT molecular complexity index is 1140. The Kier molecular flexibility index (Phi) is 7.77. The van der Waals surface area contributed by atoms with Crippen molar-refractivity contribution in [2.45, 2.75) is 0 Å². The number of hydrogen-bond acceptors (Lipinski definition) is 4. The van der Waals surface area contributed by atoms with E-state index in [0.29, 0.717) is 11.8 Å². The van der Waals surface area contributed by atoms with E-state index >= 15 is 0 Å². The lowest BCUT2D eigenvalue weighted by atomic mass is 10.0. The van der Waals surface area contributed by atoms with Gasteiger partial charge in [-0.05, 0) is 41.1 Å². The van der Waals surface area contributed by atoms with Gasteiger partial charge in [0.2, 0.25) is 0 Å². The predicted molar refractivity (Wildman–Crippen MR) is 125 cm³/mol. The average Bonchev–Trinajstić information content (AvgIpc) is 2.83. The number of amides is 1. The van der Waals surface area contributed by atoms with Crippen LogP contribution >= 0.6 is 0 Å². The van der Waals surface area contributed by atoms with Crippen molar-refractivity contribution in [3.8, 4) is 11.5 Å². The summed E-state index contributed by atoms with van der Waals surface area (Å²) < 4.78 is 5.74. The summed E-state index contributed by atoms with van der Waals surface area (Å²) in [6.07, 6.45) is 0.670. The Balaban J connectivity index is 0.000000176. The van der Waals surface area contributed by atoms with Gasteiger partial charge in [0, 0.05) is 12.6 Å². The summed E-state index contributed by atoms with van der Waals surface area (Å²) in [5.74, 6) is 1.47. The van der Waals surface area contributed by atoms with Crippen LogP contribution in [-0.2, 0) is 4.79 Å². The van der Waals surface area contributed by atoms with Gasteiger partial charge >= 0.3 is 0 Å². The zero-order chi connectivity index (χ0) is 21.9. The van der Waals surface area contributed by atoms with Gasteiger partial charge < -0.3 is 20.2 Å². The van der Waals surface area contributed by atoms with E-state index in [0.717, 1.165) is 28.0 Å². The van der Waals surface area contributed by atoms with Gasteiger partial charge in [-0.25, -0.2) is 0 Å². The number of rotatable bonds is 6. The Morgan fingerprint density at radius 3 is 2.29 bits per heavy atom. The Morgan fingerprint density at radius 2 is 1.52 bits per heavy atom. The number of carbonyl (C=O) groups excluding carboxylic acids is 2. The quantitative estimate of drug-likeness (QED) is 0.422. The number of ether oxygens (including phenoxy) is 1. The van der Waals surface area contributed by atoms with Gasteiger partial charge in [0.1, 0.15) is 17.8 Å². The fraction of sp³-hybridized carbons (Fsp3) is 0.0769. The van der Waals surface area contributed by atoms with Crippen LogP contribution in [-0.4, -0.2) is 25.8 Å². The number of nitrogens with one attached hydrogen (secondary N) is 2. The average molecular weight is 412 g/mol. The number of benzene rings is 4. The van der Waals surface area contributed by atoms with Gasteiger partial charge in [-0.3, -0.25) is 4.79 Å². The molecule has 0 radical (unpaired) electrons. The minimum atomic E-state index is -0.219. The molecule has 156 valence electrons. The summed E-state index contributed by atoms with van der Waals surface area (Å²) in [6.45, 7) is 0.0437. The van der Waals surface area contributed by atoms with E-state index in [1.807, 2.05) is 98.0 Å². The first-order chi connectivity index (χ1) is 15.2. The zero-order valence-electron chi connectivity index (χ0n) is 17.2. The normalized spacial score (nSPS) is 9.84. The molecule has 31 heavy (non-hydrogen) atoms. The second kappa shape index (κ2) is 11.2. The first kappa shape index (κ1) is 21.6. The first-order valence-corrected chi connectivity index (χ1v) is 9.92. The number of aldehydes is 1. The second-order valence-corrected chi connectivity index (χ2v) is 6.56. The summed E-state index contributed by atoms with van der Waals surface area (Å²) in [7, 11) is 1.88. The van der Waals surface area contributed by atoms with Crippen LogP contribution in [0.3, 0.4) is 0 Å². The van der Waals surface area contributed by atoms with Gasteiger partial charge in [0.05, 0.1) is 12.2 Å². The van der Waals surface area contributed by atoms with Crippen molar-refractivity contribution in [2.75, 3.05) is 18.9 Å². The summed E-state index contributed by atoms with van der Waals surface area (Å²) in [5.41, 5.74) is 1.58. The molecule has 0 saturated heterocycles. The lowest BCUT2D eigenvalue weighted by Crippen LogP contribution is -2.25. The predicted octanol–water partition coefficient (Wildman–Crippen LogP) is 5.29. The minimum absolute atomic E-state index is 0.0437. The van der Waals surface area contributed by atoms with Crippen LogP contribution in [0.5, 0.6) is 11.5 Å². The molecule has 5 heteroatoms. The molecule has 1 amide bonds. The topological polar surface area (TPSA) is 67.4 Å². The highest BCUT2D eigenvalue weighted by Crippen LogP contribution is 2.28. The molecule has 0 saturated carbocycles. The van der Waals surface area contributed by atoms with Crippen LogP contribution in [0.25, 0.3) is 10.8 Å². The molecule has 0 heterocycles. The van der Waals surface area contributed by atoms with E-state index in [2.05, 4.69) is 10.6 Å². The highest BCUT2D eigenvalue weighted by molar-refractivity contribution is 6.07. The maximum atomic E-state index is 11.7. The van der Waals surface area contributed by atoms with Crippen LogP contribution in [0.1, 0.15) is 10.4 Å². The number of carbonyl (C=O) groups is 2. The smallest absolute Gasteiger partial charge is 0.252 e. The van der Waals surface area contributed by atoms with Crippen molar-refractivity contribution in [3.05, 3.63) is 103 Å². The largest absolute Gasteiger partial charge is 0.455 e. The maximum Gasteiger partial charge on any atom is 0.252 e. The summed E-state index contributed by atoms with van der Waals surface area (Å²) in [5, 5.41) is 7.54. The number of hydrogen-bond donors (Lipinski definition) is 2. The Morgan fingerprint density at radius 1 is 0.839 bits per heavy atom. The minimum Gasteiger partial charge on any atom is -0.455 e. The molecule has 0 bridgehead atoms. The Hall–Kier alpha value is -4.12. The molecule has 4 rings (SSSR count). The molecule has 0 aliphatic carbocycles. The van der Waals surface area contributed by atoms with Crippen molar-refractivity contribution in [1.29, 1.82) is 0 Å². The zero-order valence-corrected chi connectivity index (χ0v) is 17.2. The first-order valence-electron chi connectivity index (χ1n) is 9.92. The molecule has 0 aliphatic heterocycles. The van der Waals surface area contributed by atoms with Crippen LogP contribution in [0.4, 0.5) is 5.69 Å². The fourth-order valence-corrected chi connectivity index (χ4v) is 3.03. The lowest BCUT2D eigenvalue weighted by molar-refractivity contribution is -0.107. The fourth-order valence-electron chi connectivity index (χ4n) is 3.03. The van der Waals surface area contributed by atoms with Crippen molar-refractivity contribution >= 4 is 28.7 Å². The molecule has 0 atom stereocenters. The molecule has 0 fully saturated rings. The van der Waals surface area contributed by atoms with Crippen LogP contribution in [0, 0.1) is 0 Å². The van der Waals surface area contributed by atoms with Gasteiger partial charge in [-0.15, -0.1) is 0 Å². The summed E-state index contributed by atoms with van der Waals surface area (Å²) >= 11 is 0. The molecule has 2 N–H and O–H groups in total. The molecule has 4 aromatic rings. The van der Waals surface area contributed by atoms with Gasteiger partial charge in [0.15, 0.2) is 0 Å². The molecular weight excluding hydrogens is 388 g/mol. The molecule has 4 aromatic carbocycles. The van der Waals surface area contributed by atoms with Crippen LogP contribution in [0.2, 0.25) is 0 Å². The highest BCUT2D eigenvalue weighted by Gasteiger charge is 2.08. The van der Waals surface area contributed by atoms with Crippen LogP contribution in [0.15, 0.2) is 97.1 Å². The number of anilines is 1. The third kappa shape index (κ3) is 5.93. The van der Waals surface area contributed by atoms with E-state index in [-0.39, 0.29) is 12.5 Å². The van der Waals surface area contributed by atoms with Crippen molar-refractivity contribution < 1.29 is 14.3 Å². The highest BCUT2D eigenvalue weighted by atomic mass is 16.5. The third-order valence-corrected chi connectivity index (χ3v) is 4.51. The molecule has 0 spiro atoms. The van der Waals surface area contributed by atoms with Crippen molar-refractivity contribution in [3.63, 3.8) is 0 Å². The lowest BCUT2D eigenvalue weighted by Gasteiger charge is -2.09. The molecule has 0 aliphatic rings. The van der Waals surface area contributed by atoms with Gasteiger partial charge in [0.25, 0.3) is 5.91 Å². The van der Waals surface area contributed by atoms with E-state index < -0.39 is 0 Å². The van der Waals surface area contributed by atoms with E-state index in [4.69, 9.17) is 4.74 Å². The maximum absolute atomic E-state index is 11.7. The van der Waals surface area contributed by atoms with Crippen molar-refractivity contribution in [1.82, 2.24) is 5.32 Å². The molecule has 5 nitrogen and oxygen atoms in total. The summed E-state index contributed by atoms with van der Waals surface area (Å²) in [6, 6.07) is 30.8. The van der Waals surface area contributed by atoms with Gasteiger partial charge in [-0.2, -0.15) is 0 Å². The Labute approximate surface area is 181 Å². The van der Waals surface area contributed by atoms with E-state index in [9.17, 15) is 9.59 Å². The number of fused-ring (bicyclic) bond motifs is 1. The van der Waals surface area contributed by atoms with Gasteiger partial charge in [-0.1, -0.05) is 66.7 Å². The van der Waals surface area contributed by atoms with E-state index in [1.54, 1.807) is 6.07 Å². The SMILES string of the molecule is CNc1ccccc1Oc1ccccc1.O=CCNC(=O)c1cccc2ccccc12. The van der Waals surface area contributed by atoms with Crippen molar-refractivity contribution in [2.24, 2.45) is 0 Å². The molecular formula is C26H24N2O3. The van der Waals surface area contributed by atoms with Crippen LogP contribution < -0.4 is 15.4 Å². The second-order valence-electron chi connectivity index (χ2n) is 6.56. The molecule has 0 unspecified atom stereocenters. The standard InChI is InChI=1S/C13H11NO2.C13H13NO/c15-9-8-14-13(16)12-7-3-5-10-4-1-2-6-11(10)12;1-14-12-9-5-6-10-13(12)15-11-7-3-2-4-8-11/h1-7,9H,8H2,(H,14,16);2-10,14H,1H3. The number of para-hydroxylation sites is 3. The molecule has 0 aromatic heterocycles. The summed E-state index contributed by atoms with van der Waals surface area (Å²) in [4.78, 5) is 21.9. The van der Waals surface area contributed by atoms with E-state index in [1.165, 1.54) is 0 Å². The monoisotopic (exact) mass is 412 g/mol. The third-order valence-electron chi connectivity index (χ3n) is 4.51.